The van der Waals surface area contributed by atoms with Gasteiger partial charge in [0, 0.05) is 19.3 Å². The van der Waals surface area contributed by atoms with E-state index >= 15 is 0 Å². The molecule has 0 saturated carbocycles. The fraction of sp³-hybridized carbons (Fsp3) is 0.891. The molecule has 0 rings (SSSR count). The van der Waals surface area contributed by atoms with Crippen LogP contribution in [-0.4, -0.2) is 37.2 Å². The van der Waals surface area contributed by atoms with E-state index in [1.54, 1.807) is 0 Å². The molecule has 70 heavy (non-hydrogen) atoms. The number of esters is 3. The van der Waals surface area contributed by atoms with E-state index in [1.807, 2.05) is 0 Å². The minimum atomic E-state index is -0.764. The SMILES string of the molecule is CCCCCCC/C=C\C/C=C\CCCCCCCCCCCCCCCCCC(=O)OCC(COC(=O)CCCCCCCCCCCC)OC(=O)CCCCCCCCCCCCCCCCC. The molecule has 0 amide bonds. The van der Waals surface area contributed by atoms with Crippen molar-refractivity contribution in [3.63, 3.8) is 0 Å². The molecule has 6 nitrogen and oxygen atoms in total. The van der Waals surface area contributed by atoms with E-state index in [0.29, 0.717) is 19.3 Å². The lowest BCUT2D eigenvalue weighted by molar-refractivity contribution is -0.167. The number of allylic oxidation sites excluding steroid dienone is 4. The maximum Gasteiger partial charge on any atom is 0.306 e. The molecule has 0 aliphatic heterocycles. The zero-order valence-corrected chi connectivity index (χ0v) is 47.3. The van der Waals surface area contributed by atoms with Gasteiger partial charge in [-0.1, -0.05) is 302 Å². The van der Waals surface area contributed by atoms with Gasteiger partial charge in [-0.3, -0.25) is 14.4 Å². The van der Waals surface area contributed by atoms with Crippen molar-refractivity contribution < 1.29 is 28.6 Å². The molecule has 0 radical (unpaired) electrons. The number of hydrogen-bond acceptors (Lipinski definition) is 6. The van der Waals surface area contributed by atoms with Crippen molar-refractivity contribution in [3.8, 4) is 0 Å². The third kappa shape index (κ3) is 56.8. The van der Waals surface area contributed by atoms with E-state index in [0.717, 1.165) is 64.2 Å². The third-order valence-electron chi connectivity index (χ3n) is 14.2. The van der Waals surface area contributed by atoms with Gasteiger partial charge in [-0.15, -0.1) is 0 Å². The average Bonchev–Trinajstić information content (AvgIpc) is 3.36. The fourth-order valence-electron chi connectivity index (χ4n) is 9.48. The van der Waals surface area contributed by atoms with Crippen LogP contribution >= 0.6 is 0 Å². The first kappa shape index (κ1) is 67.9. The van der Waals surface area contributed by atoms with E-state index in [2.05, 4.69) is 45.1 Å². The number of hydrogen-bond donors (Lipinski definition) is 0. The molecule has 0 aromatic rings. The second-order valence-electron chi connectivity index (χ2n) is 21.3. The molecule has 1 unspecified atom stereocenters. The summed E-state index contributed by atoms with van der Waals surface area (Å²) >= 11 is 0. The molecule has 0 spiro atoms. The molecule has 0 bridgehead atoms. The van der Waals surface area contributed by atoms with Gasteiger partial charge in [0.1, 0.15) is 13.2 Å². The number of carbonyl (C=O) groups excluding carboxylic acids is 3. The molecule has 412 valence electrons. The molecular weight excluding hydrogens is 865 g/mol. The van der Waals surface area contributed by atoms with Crippen LogP contribution in [0, 0.1) is 0 Å². The van der Waals surface area contributed by atoms with Gasteiger partial charge in [-0.05, 0) is 51.4 Å². The highest BCUT2D eigenvalue weighted by Gasteiger charge is 2.19. The molecule has 0 saturated heterocycles. The summed E-state index contributed by atoms with van der Waals surface area (Å²) in [5.41, 5.74) is 0. The Bertz CT molecular complexity index is 1130. The minimum absolute atomic E-state index is 0.0647. The van der Waals surface area contributed by atoms with Crippen LogP contribution < -0.4 is 0 Å². The van der Waals surface area contributed by atoms with Crippen LogP contribution in [0.5, 0.6) is 0 Å². The van der Waals surface area contributed by atoms with Crippen molar-refractivity contribution in [1.29, 1.82) is 0 Å². The van der Waals surface area contributed by atoms with Gasteiger partial charge in [-0.2, -0.15) is 0 Å². The molecule has 6 heteroatoms. The lowest BCUT2D eigenvalue weighted by Crippen LogP contribution is -2.30. The Balaban J connectivity index is 4.13. The van der Waals surface area contributed by atoms with Crippen molar-refractivity contribution in [2.24, 2.45) is 0 Å². The highest BCUT2D eigenvalue weighted by atomic mass is 16.6. The number of carbonyl (C=O) groups is 3. The van der Waals surface area contributed by atoms with Crippen LogP contribution in [0.1, 0.15) is 348 Å². The summed E-state index contributed by atoms with van der Waals surface area (Å²) in [6.45, 7) is 6.67. The van der Waals surface area contributed by atoms with Crippen molar-refractivity contribution >= 4 is 17.9 Å². The Hall–Kier alpha value is -2.11. The van der Waals surface area contributed by atoms with E-state index in [4.69, 9.17) is 14.2 Å². The molecular formula is C64H120O6. The lowest BCUT2D eigenvalue weighted by Gasteiger charge is -2.18. The Kier molecular flexibility index (Phi) is 57.7. The molecule has 0 aromatic heterocycles. The number of ether oxygens (including phenoxy) is 3. The molecule has 0 aromatic carbocycles. The van der Waals surface area contributed by atoms with Gasteiger partial charge in [0.15, 0.2) is 6.10 Å². The highest BCUT2D eigenvalue weighted by Crippen LogP contribution is 2.18. The van der Waals surface area contributed by atoms with E-state index < -0.39 is 6.10 Å². The molecule has 0 aliphatic carbocycles. The summed E-state index contributed by atoms with van der Waals surface area (Å²) in [5, 5.41) is 0. The normalized spacial score (nSPS) is 12.1. The summed E-state index contributed by atoms with van der Waals surface area (Å²) in [6.07, 6.45) is 70.5. The largest absolute Gasteiger partial charge is 0.462 e. The Morgan fingerprint density at radius 2 is 0.514 bits per heavy atom. The Morgan fingerprint density at radius 1 is 0.286 bits per heavy atom. The second-order valence-corrected chi connectivity index (χ2v) is 21.3. The first-order valence-electron chi connectivity index (χ1n) is 31.3. The predicted molar refractivity (Wildman–Crippen MR) is 303 cm³/mol. The Morgan fingerprint density at radius 3 is 0.786 bits per heavy atom. The molecule has 0 N–H and O–H groups in total. The second kappa shape index (κ2) is 59.5. The summed E-state index contributed by atoms with van der Waals surface area (Å²) < 4.78 is 16.9. The zero-order valence-electron chi connectivity index (χ0n) is 47.3. The minimum Gasteiger partial charge on any atom is -0.462 e. The smallest absolute Gasteiger partial charge is 0.306 e. The van der Waals surface area contributed by atoms with Gasteiger partial charge in [0.05, 0.1) is 0 Å². The van der Waals surface area contributed by atoms with E-state index in [-0.39, 0.29) is 31.1 Å². The molecule has 0 heterocycles. The van der Waals surface area contributed by atoms with Crippen molar-refractivity contribution in [3.05, 3.63) is 24.3 Å². The van der Waals surface area contributed by atoms with Gasteiger partial charge in [0.2, 0.25) is 0 Å². The van der Waals surface area contributed by atoms with Gasteiger partial charge < -0.3 is 14.2 Å². The van der Waals surface area contributed by atoms with Gasteiger partial charge in [0.25, 0.3) is 0 Å². The van der Waals surface area contributed by atoms with Crippen LogP contribution in [0.25, 0.3) is 0 Å². The number of unbranched alkanes of at least 4 members (excludes halogenated alkanes) is 43. The van der Waals surface area contributed by atoms with Gasteiger partial charge >= 0.3 is 17.9 Å². The van der Waals surface area contributed by atoms with Crippen molar-refractivity contribution in [2.45, 2.75) is 354 Å². The van der Waals surface area contributed by atoms with Crippen LogP contribution in [-0.2, 0) is 28.6 Å². The quantitative estimate of drug-likeness (QED) is 0.0261. The monoisotopic (exact) mass is 985 g/mol. The molecule has 0 aliphatic rings. The summed E-state index contributed by atoms with van der Waals surface area (Å²) in [7, 11) is 0. The zero-order chi connectivity index (χ0) is 50.7. The van der Waals surface area contributed by atoms with E-state index in [9.17, 15) is 14.4 Å². The lowest BCUT2D eigenvalue weighted by atomic mass is 10.0. The van der Waals surface area contributed by atoms with E-state index in [1.165, 1.54) is 244 Å². The summed E-state index contributed by atoms with van der Waals surface area (Å²) in [6, 6.07) is 0. The van der Waals surface area contributed by atoms with Crippen LogP contribution in [0.15, 0.2) is 24.3 Å². The summed E-state index contributed by atoms with van der Waals surface area (Å²) in [4.78, 5) is 38.1. The van der Waals surface area contributed by atoms with Crippen molar-refractivity contribution in [1.82, 2.24) is 0 Å². The Labute approximate surface area is 436 Å². The maximum absolute atomic E-state index is 12.8. The average molecular weight is 986 g/mol. The highest BCUT2D eigenvalue weighted by molar-refractivity contribution is 5.71. The summed E-state index contributed by atoms with van der Waals surface area (Å²) in [5.74, 6) is -0.842. The topological polar surface area (TPSA) is 78.9 Å². The van der Waals surface area contributed by atoms with Gasteiger partial charge in [-0.25, -0.2) is 0 Å². The van der Waals surface area contributed by atoms with Crippen LogP contribution in [0.3, 0.4) is 0 Å². The van der Waals surface area contributed by atoms with Crippen molar-refractivity contribution in [2.75, 3.05) is 13.2 Å². The maximum atomic E-state index is 12.8. The third-order valence-corrected chi connectivity index (χ3v) is 14.2. The first-order chi connectivity index (χ1) is 34.5. The first-order valence-corrected chi connectivity index (χ1v) is 31.3. The number of rotatable bonds is 58. The van der Waals surface area contributed by atoms with Crippen LogP contribution in [0.4, 0.5) is 0 Å². The molecule has 1 atom stereocenters. The van der Waals surface area contributed by atoms with Crippen LogP contribution in [0.2, 0.25) is 0 Å². The molecule has 0 fully saturated rings. The standard InChI is InChI=1S/C64H120O6/c1-4-7-10-13-16-19-22-24-26-27-28-29-30-31-32-33-34-35-36-37-39-40-42-45-48-51-54-57-63(66)69-60-61(59-68-62(65)56-53-50-47-44-21-18-15-12-9-6-3)70-64(67)58-55-52-49-46-43-41-38-25-23-20-17-14-11-8-5-2/h22,24,27-28,61H,4-21,23,25-26,29-60H2,1-3H3/b24-22-,28-27-. The predicted octanol–water partition coefficient (Wildman–Crippen LogP) is 21.1. The fourth-order valence-corrected chi connectivity index (χ4v) is 9.48.